The van der Waals surface area contributed by atoms with Crippen LogP contribution in [0.5, 0.6) is 0 Å². The normalized spacial score (nSPS) is 16.2. The standard InChI is InChI=1S/C31H42N3O4/c1-33(2)29(35)25-17-15-24(16-18-25)23-37-20-19-34(3,4)22-28-21-32-30(38-28)31(36,26-11-7-5-8-12-26)27-13-9-6-10-14-27/h5,7-8,11-12,15-18,21,27,36H,6,9-10,13-14,19-20,22-23H2,1-4H3/q+1/t31-/m0/s1. The molecule has 1 heterocycles. The van der Waals surface area contributed by atoms with E-state index < -0.39 is 5.60 Å². The fourth-order valence-electron chi connectivity index (χ4n) is 5.31. The molecule has 7 nitrogen and oxygen atoms in total. The van der Waals surface area contributed by atoms with Crippen LogP contribution < -0.4 is 0 Å². The molecule has 0 saturated heterocycles. The summed E-state index contributed by atoms with van der Waals surface area (Å²) >= 11 is 0. The number of likely N-dealkylation sites (N-methyl/N-ethyl adjacent to an activating group) is 1. The molecule has 7 heteroatoms. The number of benzene rings is 2. The van der Waals surface area contributed by atoms with E-state index in [1.807, 2.05) is 54.6 Å². The number of oxazole rings is 1. The molecule has 1 amide bonds. The average molecular weight is 521 g/mol. The molecule has 38 heavy (non-hydrogen) atoms. The number of ether oxygens (including phenoxy) is 1. The first-order valence-corrected chi connectivity index (χ1v) is 13.6. The third-order valence-corrected chi connectivity index (χ3v) is 7.59. The number of hydrogen-bond donors (Lipinski definition) is 1. The van der Waals surface area contributed by atoms with E-state index in [1.54, 1.807) is 25.2 Å². The van der Waals surface area contributed by atoms with Crippen LogP contribution in [0.15, 0.2) is 65.2 Å². The highest BCUT2D eigenvalue weighted by Crippen LogP contribution is 2.43. The Labute approximate surface area is 226 Å². The molecule has 0 bridgehead atoms. The Bertz CT molecular complexity index is 1170. The lowest BCUT2D eigenvalue weighted by molar-refractivity contribution is -0.905. The van der Waals surface area contributed by atoms with Crippen molar-refractivity contribution in [3.63, 3.8) is 0 Å². The third kappa shape index (κ3) is 6.70. The van der Waals surface area contributed by atoms with E-state index in [1.165, 1.54) is 6.42 Å². The molecule has 2 aromatic carbocycles. The fraction of sp³-hybridized carbons (Fsp3) is 0.484. The summed E-state index contributed by atoms with van der Waals surface area (Å²) < 4.78 is 12.9. The van der Waals surface area contributed by atoms with Gasteiger partial charge >= 0.3 is 0 Å². The van der Waals surface area contributed by atoms with Gasteiger partial charge in [0.25, 0.3) is 5.91 Å². The SMILES string of the molecule is CN(C)C(=O)c1ccc(COCC[N+](C)(C)Cc2cnc([C@](O)(c3ccccc3)C3CCCCC3)o2)cc1. The van der Waals surface area contributed by atoms with Crippen molar-refractivity contribution in [2.24, 2.45) is 5.92 Å². The molecule has 1 fully saturated rings. The highest BCUT2D eigenvalue weighted by atomic mass is 16.5. The second kappa shape index (κ2) is 12.2. The van der Waals surface area contributed by atoms with Crippen LogP contribution in [-0.4, -0.2) is 66.7 Å². The summed E-state index contributed by atoms with van der Waals surface area (Å²) in [6, 6.07) is 17.4. The molecule has 1 aliphatic carbocycles. The summed E-state index contributed by atoms with van der Waals surface area (Å²) in [6.45, 7) is 2.52. The minimum atomic E-state index is -1.22. The van der Waals surface area contributed by atoms with Crippen molar-refractivity contribution in [1.82, 2.24) is 9.88 Å². The summed E-state index contributed by atoms with van der Waals surface area (Å²) in [4.78, 5) is 18.2. The van der Waals surface area contributed by atoms with E-state index in [9.17, 15) is 9.90 Å². The van der Waals surface area contributed by atoms with Gasteiger partial charge < -0.3 is 23.6 Å². The topological polar surface area (TPSA) is 75.8 Å². The smallest absolute Gasteiger partial charge is 0.253 e. The van der Waals surface area contributed by atoms with Crippen molar-refractivity contribution in [2.45, 2.75) is 50.9 Å². The predicted molar refractivity (Wildman–Crippen MR) is 147 cm³/mol. The molecule has 4 rings (SSSR count). The van der Waals surface area contributed by atoms with Gasteiger partial charge in [0.15, 0.2) is 11.4 Å². The molecule has 1 aromatic heterocycles. The van der Waals surface area contributed by atoms with Crippen molar-refractivity contribution in [2.75, 3.05) is 41.3 Å². The number of rotatable bonds is 11. The summed E-state index contributed by atoms with van der Waals surface area (Å²) in [5.74, 6) is 1.25. The lowest BCUT2D eigenvalue weighted by Crippen LogP contribution is -2.41. The number of carbonyl (C=O) groups is 1. The number of quaternary nitrogens is 1. The van der Waals surface area contributed by atoms with Gasteiger partial charge in [-0.3, -0.25) is 4.79 Å². The number of nitrogens with zero attached hydrogens (tertiary/aromatic N) is 3. The van der Waals surface area contributed by atoms with E-state index >= 15 is 0 Å². The van der Waals surface area contributed by atoms with Gasteiger partial charge in [-0.15, -0.1) is 0 Å². The van der Waals surface area contributed by atoms with Crippen LogP contribution in [0.2, 0.25) is 0 Å². The number of aliphatic hydroxyl groups is 1. The summed E-state index contributed by atoms with van der Waals surface area (Å²) in [5, 5.41) is 12.0. The van der Waals surface area contributed by atoms with Crippen molar-refractivity contribution >= 4 is 5.91 Å². The molecule has 204 valence electrons. The van der Waals surface area contributed by atoms with Crippen molar-refractivity contribution in [3.8, 4) is 0 Å². The molecule has 0 radical (unpaired) electrons. The van der Waals surface area contributed by atoms with Crippen LogP contribution in [-0.2, 0) is 23.5 Å². The number of carbonyl (C=O) groups excluding carboxylic acids is 1. The zero-order chi connectivity index (χ0) is 27.2. The van der Waals surface area contributed by atoms with Gasteiger partial charge in [-0.25, -0.2) is 4.98 Å². The molecule has 0 spiro atoms. The first-order chi connectivity index (χ1) is 18.2. The Kier molecular flexibility index (Phi) is 9.03. The van der Waals surface area contributed by atoms with Crippen molar-refractivity contribution in [1.29, 1.82) is 0 Å². The predicted octanol–water partition coefficient (Wildman–Crippen LogP) is 4.99. The summed E-state index contributed by atoms with van der Waals surface area (Å²) in [5.41, 5.74) is 1.34. The molecule has 1 saturated carbocycles. The Balaban J connectivity index is 1.35. The lowest BCUT2D eigenvalue weighted by atomic mass is 9.73. The van der Waals surface area contributed by atoms with Gasteiger partial charge in [-0.2, -0.15) is 0 Å². The minimum absolute atomic E-state index is 0.00644. The summed E-state index contributed by atoms with van der Waals surface area (Å²) in [7, 11) is 7.77. The van der Waals surface area contributed by atoms with Crippen LogP contribution in [0, 0.1) is 5.92 Å². The lowest BCUT2D eigenvalue weighted by Gasteiger charge is -2.36. The molecule has 1 N–H and O–H groups in total. The third-order valence-electron chi connectivity index (χ3n) is 7.59. The second-order valence-corrected chi connectivity index (χ2v) is 11.4. The molecule has 3 aromatic rings. The van der Waals surface area contributed by atoms with Gasteiger partial charge in [-0.05, 0) is 36.1 Å². The zero-order valence-electron chi connectivity index (χ0n) is 23.2. The average Bonchev–Trinajstić information content (AvgIpc) is 3.39. The van der Waals surface area contributed by atoms with Crippen molar-refractivity contribution in [3.05, 3.63) is 89.1 Å². The van der Waals surface area contributed by atoms with Gasteiger partial charge in [0.05, 0.1) is 33.5 Å². The van der Waals surface area contributed by atoms with E-state index in [-0.39, 0.29) is 11.8 Å². The maximum absolute atomic E-state index is 12.1. The Morgan fingerprint density at radius 3 is 2.42 bits per heavy atom. The number of aromatic nitrogens is 1. The Morgan fingerprint density at radius 1 is 1.08 bits per heavy atom. The fourth-order valence-corrected chi connectivity index (χ4v) is 5.31. The quantitative estimate of drug-likeness (QED) is 0.285. The zero-order valence-corrected chi connectivity index (χ0v) is 23.2. The Hall–Kier alpha value is -3.00. The van der Waals surface area contributed by atoms with Crippen LogP contribution in [0.3, 0.4) is 0 Å². The molecule has 0 aliphatic heterocycles. The largest absolute Gasteiger partial charge is 0.436 e. The van der Waals surface area contributed by atoms with Gasteiger partial charge in [0.1, 0.15) is 13.1 Å². The van der Waals surface area contributed by atoms with Crippen LogP contribution in [0.1, 0.15) is 65.2 Å². The highest BCUT2D eigenvalue weighted by Gasteiger charge is 2.44. The van der Waals surface area contributed by atoms with E-state index in [0.717, 1.165) is 49.1 Å². The molecule has 0 unspecified atom stereocenters. The Morgan fingerprint density at radius 2 is 1.76 bits per heavy atom. The van der Waals surface area contributed by atoms with Gasteiger partial charge in [-0.1, -0.05) is 61.7 Å². The van der Waals surface area contributed by atoms with E-state index in [2.05, 4.69) is 19.1 Å². The second-order valence-electron chi connectivity index (χ2n) is 11.4. The highest BCUT2D eigenvalue weighted by molar-refractivity contribution is 5.93. The molecule has 1 aliphatic rings. The first kappa shape index (κ1) is 28.0. The van der Waals surface area contributed by atoms with E-state index in [4.69, 9.17) is 9.15 Å². The maximum atomic E-state index is 12.1. The van der Waals surface area contributed by atoms with Crippen LogP contribution >= 0.6 is 0 Å². The minimum Gasteiger partial charge on any atom is -0.436 e. The van der Waals surface area contributed by atoms with Gasteiger partial charge in [0.2, 0.25) is 5.89 Å². The van der Waals surface area contributed by atoms with E-state index in [0.29, 0.717) is 35.7 Å². The monoisotopic (exact) mass is 520 g/mol. The molecular weight excluding hydrogens is 478 g/mol. The van der Waals surface area contributed by atoms with Crippen molar-refractivity contribution < 1.29 is 23.5 Å². The van der Waals surface area contributed by atoms with Gasteiger partial charge in [0, 0.05) is 25.6 Å². The number of amides is 1. The molecule has 1 atom stereocenters. The van der Waals surface area contributed by atoms with Crippen LogP contribution in [0.4, 0.5) is 0 Å². The molecular formula is C31H42N3O4+. The van der Waals surface area contributed by atoms with Crippen LogP contribution in [0.25, 0.3) is 0 Å². The summed E-state index contributed by atoms with van der Waals surface area (Å²) in [6.07, 6.45) is 7.16. The maximum Gasteiger partial charge on any atom is 0.253 e. The first-order valence-electron chi connectivity index (χ1n) is 13.6. The number of hydrogen-bond acceptors (Lipinski definition) is 5.